The Balaban J connectivity index is 2.25. The molecule has 0 saturated heterocycles. The fourth-order valence-corrected chi connectivity index (χ4v) is 2.06. The molecule has 0 aliphatic heterocycles. The van der Waals surface area contributed by atoms with Gasteiger partial charge in [0, 0.05) is 6.04 Å². The van der Waals surface area contributed by atoms with Crippen LogP contribution in [0.2, 0.25) is 0 Å². The lowest BCUT2D eigenvalue weighted by molar-refractivity contribution is 0.130. The zero-order valence-electron chi connectivity index (χ0n) is 9.86. The lowest BCUT2D eigenvalue weighted by Crippen LogP contribution is -2.32. The van der Waals surface area contributed by atoms with Gasteiger partial charge in [-0.15, -0.1) is 0 Å². The average Bonchev–Trinajstić information content (AvgIpc) is 2.41. The lowest BCUT2D eigenvalue weighted by Gasteiger charge is -2.27. The molecule has 7 heteroatoms. The number of rotatable bonds is 2. The molecule has 0 heterocycles. The molecule has 0 radical (unpaired) electrons. The van der Waals surface area contributed by atoms with Crippen LogP contribution in [0.3, 0.4) is 0 Å². The second kappa shape index (κ2) is 5.32. The van der Waals surface area contributed by atoms with Gasteiger partial charge < -0.3 is 10.5 Å². The Labute approximate surface area is 106 Å². The molecule has 0 aromatic heterocycles. The second-order valence-corrected chi connectivity index (χ2v) is 4.55. The van der Waals surface area contributed by atoms with Crippen molar-refractivity contribution in [3.8, 4) is 5.75 Å². The van der Waals surface area contributed by atoms with Crippen molar-refractivity contribution >= 4 is 0 Å². The molecule has 1 aromatic rings. The van der Waals surface area contributed by atoms with E-state index in [0.717, 1.165) is 0 Å². The fourth-order valence-electron chi connectivity index (χ4n) is 2.06. The molecule has 1 fully saturated rings. The van der Waals surface area contributed by atoms with E-state index in [0.29, 0.717) is 25.7 Å². The zero-order chi connectivity index (χ0) is 14.2. The van der Waals surface area contributed by atoms with Crippen molar-refractivity contribution in [2.24, 2.45) is 5.73 Å². The highest BCUT2D eigenvalue weighted by molar-refractivity contribution is 5.30. The van der Waals surface area contributed by atoms with Gasteiger partial charge in [-0.3, -0.25) is 0 Å². The average molecular weight is 281 g/mol. The Morgan fingerprint density at radius 2 is 1.16 bits per heavy atom. The summed E-state index contributed by atoms with van der Waals surface area (Å²) in [7, 11) is 0. The van der Waals surface area contributed by atoms with Gasteiger partial charge >= 0.3 is 0 Å². The Morgan fingerprint density at radius 1 is 0.737 bits per heavy atom. The molecule has 2 rings (SSSR count). The van der Waals surface area contributed by atoms with Crippen molar-refractivity contribution in [3.63, 3.8) is 0 Å². The van der Waals surface area contributed by atoms with Crippen LogP contribution in [-0.4, -0.2) is 12.1 Å². The van der Waals surface area contributed by atoms with Gasteiger partial charge in [-0.05, 0) is 25.7 Å². The first-order valence-electron chi connectivity index (χ1n) is 5.85. The molecule has 2 nitrogen and oxygen atoms in total. The van der Waals surface area contributed by atoms with Crippen LogP contribution in [0.5, 0.6) is 5.75 Å². The predicted molar refractivity (Wildman–Crippen MR) is 57.1 cm³/mol. The number of hydrogen-bond donors (Lipinski definition) is 1. The molecule has 1 saturated carbocycles. The van der Waals surface area contributed by atoms with Crippen LogP contribution in [0, 0.1) is 29.1 Å². The maximum Gasteiger partial charge on any atom is 0.207 e. The third-order valence-corrected chi connectivity index (χ3v) is 3.17. The van der Waals surface area contributed by atoms with Crippen molar-refractivity contribution in [1.29, 1.82) is 0 Å². The summed E-state index contributed by atoms with van der Waals surface area (Å²) in [5.74, 6) is -11.3. The highest BCUT2D eigenvalue weighted by atomic mass is 19.2. The van der Waals surface area contributed by atoms with Crippen LogP contribution < -0.4 is 10.5 Å². The van der Waals surface area contributed by atoms with E-state index in [1.165, 1.54) is 0 Å². The quantitative estimate of drug-likeness (QED) is 0.514. The first-order valence-corrected chi connectivity index (χ1v) is 5.85. The molecule has 1 aromatic carbocycles. The minimum atomic E-state index is -2.19. The summed E-state index contributed by atoms with van der Waals surface area (Å²) in [6, 6.07) is -0.0174. The van der Waals surface area contributed by atoms with Crippen LogP contribution >= 0.6 is 0 Å². The number of benzene rings is 1. The minimum Gasteiger partial charge on any atom is -0.484 e. The number of ether oxygens (including phenoxy) is 1. The van der Waals surface area contributed by atoms with Gasteiger partial charge in [0.15, 0.2) is 5.75 Å². The standard InChI is InChI=1S/C12H12F5NO/c13-7-8(14)10(16)12(11(17)9(7)15)19-6-3-1-5(18)2-4-6/h5-6H,1-4,18H2. The molecular formula is C12H12F5NO. The van der Waals surface area contributed by atoms with Crippen molar-refractivity contribution in [1.82, 2.24) is 0 Å². The summed E-state index contributed by atoms with van der Waals surface area (Å²) in [4.78, 5) is 0. The zero-order valence-corrected chi connectivity index (χ0v) is 9.86. The summed E-state index contributed by atoms with van der Waals surface area (Å²) in [5, 5.41) is 0. The minimum absolute atomic E-state index is 0.0174. The normalized spacial score (nSPS) is 23.5. The topological polar surface area (TPSA) is 35.2 Å². The summed E-state index contributed by atoms with van der Waals surface area (Å²) in [5.41, 5.74) is 5.64. The molecular weight excluding hydrogens is 269 g/mol. The predicted octanol–water partition coefficient (Wildman–Crippen LogP) is 3.03. The third kappa shape index (κ3) is 2.65. The van der Waals surface area contributed by atoms with Gasteiger partial charge in [-0.2, -0.15) is 8.78 Å². The van der Waals surface area contributed by atoms with Gasteiger partial charge in [0.25, 0.3) is 0 Å². The molecule has 106 valence electrons. The Hall–Kier alpha value is -1.37. The van der Waals surface area contributed by atoms with Crippen LogP contribution in [0.4, 0.5) is 22.0 Å². The van der Waals surface area contributed by atoms with Crippen molar-refractivity contribution in [2.75, 3.05) is 0 Å². The Morgan fingerprint density at radius 3 is 1.63 bits per heavy atom. The van der Waals surface area contributed by atoms with Crippen LogP contribution in [0.1, 0.15) is 25.7 Å². The Bertz CT molecular complexity index is 456. The fraction of sp³-hybridized carbons (Fsp3) is 0.500. The SMILES string of the molecule is NC1CCC(Oc2c(F)c(F)c(F)c(F)c2F)CC1. The highest BCUT2D eigenvalue weighted by Crippen LogP contribution is 2.32. The molecule has 0 atom stereocenters. The van der Waals surface area contributed by atoms with Gasteiger partial charge in [-0.25, -0.2) is 13.2 Å². The molecule has 0 spiro atoms. The number of nitrogens with two attached hydrogens (primary N) is 1. The van der Waals surface area contributed by atoms with E-state index in [4.69, 9.17) is 10.5 Å². The highest BCUT2D eigenvalue weighted by Gasteiger charge is 2.29. The van der Waals surface area contributed by atoms with E-state index >= 15 is 0 Å². The first kappa shape index (κ1) is 14.0. The molecule has 2 N–H and O–H groups in total. The maximum absolute atomic E-state index is 13.4. The summed E-state index contributed by atoms with van der Waals surface area (Å²) < 4.78 is 70.4. The van der Waals surface area contributed by atoms with E-state index < -0.39 is 40.9 Å². The maximum atomic E-state index is 13.4. The van der Waals surface area contributed by atoms with Gasteiger partial charge in [-0.1, -0.05) is 0 Å². The first-order chi connectivity index (χ1) is 8.91. The number of halogens is 5. The number of hydrogen-bond acceptors (Lipinski definition) is 2. The molecule has 0 unspecified atom stereocenters. The largest absolute Gasteiger partial charge is 0.484 e. The van der Waals surface area contributed by atoms with Crippen LogP contribution in [-0.2, 0) is 0 Å². The van der Waals surface area contributed by atoms with Crippen LogP contribution in [0.25, 0.3) is 0 Å². The van der Waals surface area contributed by atoms with Crippen molar-refractivity contribution in [2.45, 2.75) is 37.8 Å². The molecule has 0 bridgehead atoms. The Kier molecular flexibility index (Phi) is 3.93. The molecule has 1 aliphatic carbocycles. The van der Waals surface area contributed by atoms with Gasteiger partial charge in [0.2, 0.25) is 29.1 Å². The lowest BCUT2D eigenvalue weighted by atomic mass is 9.94. The smallest absolute Gasteiger partial charge is 0.207 e. The molecule has 0 amide bonds. The van der Waals surface area contributed by atoms with Crippen molar-refractivity contribution in [3.05, 3.63) is 29.1 Å². The van der Waals surface area contributed by atoms with E-state index in [2.05, 4.69) is 0 Å². The second-order valence-electron chi connectivity index (χ2n) is 4.55. The summed E-state index contributed by atoms with van der Waals surface area (Å²) in [6.45, 7) is 0. The van der Waals surface area contributed by atoms with E-state index in [9.17, 15) is 22.0 Å². The molecule has 19 heavy (non-hydrogen) atoms. The summed E-state index contributed by atoms with van der Waals surface area (Å²) >= 11 is 0. The van der Waals surface area contributed by atoms with Gasteiger partial charge in [0.1, 0.15) is 0 Å². The third-order valence-electron chi connectivity index (χ3n) is 3.17. The van der Waals surface area contributed by atoms with E-state index in [-0.39, 0.29) is 6.04 Å². The van der Waals surface area contributed by atoms with Crippen molar-refractivity contribution < 1.29 is 26.7 Å². The van der Waals surface area contributed by atoms with Crippen LogP contribution in [0.15, 0.2) is 0 Å². The van der Waals surface area contributed by atoms with E-state index in [1.54, 1.807) is 0 Å². The monoisotopic (exact) mass is 281 g/mol. The molecule has 1 aliphatic rings. The summed E-state index contributed by atoms with van der Waals surface area (Å²) in [6.07, 6.45) is 1.41. The van der Waals surface area contributed by atoms with Gasteiger partial charge in [0.05, 0.1) is 6.10 Å². The van der Waals surface area contributed by atoms with E-state index in [1.807, 2.05) is 0 Å².